The van der Waals surface area contributed by atoms with Gasteiger partial charge < -0.3 is 24.6 Å². The number of halogens is 1. The largest absolute Gasteiger partial charge is 0.507 e. The zero-order valence-electron chi connectivity index (χ0n) is 18.2. The second-order valence-corrected chi connectivity index (χ2v) is 7.63. The number of phenolic OH excluding ortho intramolecular Hbond substituents is 1. The van der Waals surface area contributed by atoms with Gasteiger partial charge in [0.25, 0.3) is 11.7 Å². The monoisotopic (exact) mass is 459 g/mol. The van der Waals surface area contributed by atoms with E-state index in [-0.39, 0.29) is 27.7 Å². The first kappa shape index (κ1) is 23.5. The summed E-state index contributed by atoms with van der Waals surface area (Å²) in [7, 11) is 0. The molecular formula is C24H26ClNO6. The van der Waals surface area contributed by atoms with E-state index < -0.39 is 17.7 Å². The fourth-order valence-corrected chi connectivity index (χ4v) is 3.96. The lowest BCUT2D eigenvalue weighted by Gasteiger charge is -2.25. The molecule has 2 N–H and O–H groups in total. The number of ketones is 1. The minimum Gasteiger partial charge on any atom is -0.507 e. The van der Waals surface area contributed by atoms with Gasteiger partial charge in [-0.3, -0.25) is 9.59 Å². The second-order valence-electron chi connectivity index (χ2n) is 7.23. The number of ether oxygens (including phenoxy) is 2. The average Bonchev–Trinajstić information content (AvgIpc) is 3.01. The number of carbonyl (C=O) groups excluding carboxylic acids is 2. The van der Waals surface area contributed by atoms with Crippen molar-refractivity contribution in [3.63, 3.8) is 0 Å². The molecule has 0 saturated carbocycles. The van der Waals surface area contributed by atoms with Crippen LogP contribution in [-0.2, 0) is 9.59 Å². The van der Waals surface area contributed by atoms with E-state index in [1.54, 1.807) is 31.2 Å². The summed E-state index contributed by atoms with van der Waals surface area (Å²) < 4.78 is 11.2. The van der Waals surface area contributed by atoms with Crippen LogP contribution in [0.25, 0.3) is 5.76 Å². The van der Waals surface area contributed by atoms with E-state index in [1.807, 2.05) is 13.8 Å². The Morgan fingerprint density at radius 2 is 1.78 bits per heavy atom. The van der Waals surface area contributed by atoms with E-state index in [0.29, 0.717) is 43.2 Å². The molecule has 1 unspecified atom stereocenters. The third kappa shape index (κ3) is 4.39. The lowest BCUT2D eigenvalue weighted by atomic mass is 9.94. The minimum atomic E-state index is -0.853. The number of aliphatic hydroxyl groups is 1. The standard InChI is InChI=1S/C24H26ClNO6/c1-4-11-26-21(14-7-10-18(27)17(25)12-14)20(23(29)24(26)30)22(28)16-9-8-15(31-5-2)13-19(16)32-6-3/h7-10,12-13,21,27-28H,4-6,11H2,1-3H3/b22-20-. The van der Waals surface area contributed by atoms with Crippen LogP contribution in [0.5, 0.6) is 17.2 Å². The number of aliphatic hydroxyl groups excluding tert-OH is 1. The summed E-state index contributed by atoms with van der Waals surface area (Å²) in [5.41, 5.74) is 0.723. The molecule has 7 nitrogen and oxygen atoms in total. The van der Waals surface area contributed by atoms with Crippen molar-refractivity contribution in [2.45, 2.75) is 33.2 Å². The number of amides is 1. The third-order valence-electron chi connectivity index (χ3n) is 5.11. The highest BCUT2D eigenvalue weighted by Crippen LogP contribution is 2.42. The highest BCUT2D eigenvalue weighted by molar-refractivity contribution is 6.46. The molecule has 1 atom stereocenters. The van der Waals surface area contributed by atoms with Crippen LogP contribution in [0.15, 0.2) is 42.0 Å². The molecule has 1 fully saturated rings. The van der Waals surface area contributed by atoms with Crippen molar-refractivity contribution in [2.24, 2.45) is 0 Å². The smallest absolute Gasteiger partial charge is 0.295 e. The van der Waals surface area contributed by atoms with Crippen LogP contribution in [0.3, 0.4) is 0 Å². The number of nitrogens with zero attached hydrogens (tertiary/aromatic N) is 1. The summed E-state index contributed by atoms with van der Waals surface area (Å²) >= 11 is 6.10. The third-order valence-corrected chi connectivity index (χ3v) is 5.41. The first-order chi connectivity index (χ1) is 15.3. The van der Waals surface area contributed by atoms with Crippen LogP contribution in [-0.4, -0.2) is 46.6 Å². The summed E-state index contributed by atoms with van der Waals surface area (Å²) in [6.45, 7) is 6.64. The van der Waals surface area contributed by atoms with Gasteiger partial charge in [-0.25, -0.2) is 0 Å². The number of hydrogen-bond acceptors (Lipinski definition) is 6. The molecule has 0 aromatic heterocycles. The van der Waals surface area contributed by atoms with E-state index in [9.17, 15) is 19.8 Å². The topological polar surface area (TPSA) is 96.3 Å². The van der Waals surface area contributed by atoms with Crippen LogP contribution < -0.4 is 9.47 Å². The van der Waals surface area contributed by atoms with E-state index >= 15 is 0 Å². The van der Waals surface area contributed by atoms with Gasteiger partial charge in [-0.05, 0) is 50.1 Å². The van der Waals surface area contributed by atoms with Crippen molar-refractivity contribution in [3.8, 4) is 17.2 Å². The predicted octanol–water partition coefficient (Wildman–Crippen LogP) is 4.67. The number of hydrogen-bond donors (Lipinski definition) is 2. The van der Waals surface area contributed by atoms with Crippen molar-refractivity contribution >= 4 is 29.1 Å². The van der Waals surface area contributed by atoms with Gasteiger partial charge in [0, 0.05) is 12.6 Å². The lowest BCUT2D eigenvalue weighted by molar-refractivity contribution is -0.139. The van der Waals surface area contributed by atoms with Crippen LogP contribution in [0.4, 0.5) is 0 Å². The van der Waals surface area contributed by atoms with Crippen LogP contribution in [0.1, 0.15) is 44.4 Å². The Hall–Kier alpha value is -3.19. The van der Waals surface area contributed by atoms with E-state index in [4.69, 9.17) is 21.1 Å². The molecule has 1 aliphatic heterocycles. The van der Waals surface area contributed by atoms with Crippen LogP contribution in [0, 0.1) is 0 Å². The molecule has 8 heteroatoms. The van der Waals surface area contributed by atoms with Gasteiger partial charge in [-0.15, -0.1) is 0 Å². The first-order valence-corrected chi connectivity index (χ1v) is 10.9. The molecule has 0 spiro atoms. The number of aromatic hydroxyl groups is 1. The maximum absolute atomic E-state index is 13.0. The van der Waals surface area contributed by atoms with Gasteiger partial charge in [0.2, 0.25) is 0 Å². The molecule has 170 valence electrons. The molecule has 2 aromatic rings. The van der Waals surface area contributed by atoms with Gasteiger partial charge >= 0.3 is 0 Å². The normalized spacial score (nSPS) is 17.6. The average molecular weight is 460 g/mol. The van der Waals surface area contributed by atoms with Gasteiger partial charge in [-0.2, -0.15) is 0 Å². The number of rotatable bonds is 8. The molecule has 1 heterocycles. The Balaban J connectivity index is 2.22. The molecule has 1 aliphatic rings. The second kappa shape index (κ2) is 9.96. The Morgan fingerprint density at radius 3 is 2.41 bits per heavy atom. The molecule has 32 heavy (non-hydrogen) atoms. The number of carbonyl (C=O) groups is 2. The molecular weight excluding hydrogens is 434 g/mol. The summed E-state index contributed by atoms with van der Waals surface area (Å²) in [6.07, 6.45) is 0.614. The quantitative estimate of drug-likeness (QED) is 0.338. The first-order valence-electron chi connectivity index (χ1n) is 10.5. The highest BCUT2D eigenvalue weighted by atomic mass is 35.5. The van der Waals surface area contributed by atoms with Gasteiger partial charge in [0.1, 0.15) is 23.0 Å². The Labute approximate surface area is 191 Å². The maximum Gasteiger partial charge on any atom is 0.295 e. The summed E-state index contributed by atoms with van der Waals surface area (Å²) in [6, 6.07) is 8.51. The van der Waals surface area contributed by atoms with Crippen molar-refractivity contribution in [1.82, 2.24) is 4.90 Å². The van der Waals surface area contributed by atoms with Crippen LogP contribution >= 0.6 is 11.6 Å². The maximum atomic E-state index is 13.0. The Morgan fingerprint density at radius 1 is 1.06 bits per heavy atom. The van der Waals surface area contributed by atoms with Crippen molar-refractivity contribution in [1.29, 1.82) is 0 Å². The van der Waals surface area contributed by atoms with Crippen LogP contribution in [0.2, 0.25) is 5.02 Å². The summed E-state index contributed by atoms with van der Waals surface area (Å²) in [5.74, 6) is -1.07. The minimum absolute atomic E-state index is 0.0599. The van der Waals surface area contributed by atoms with Crippen molar-refractivity contribution in [3.05, 3.63) is 58.1 Å². The van der Waals surface area contributed by atoms with Crippen molar-refractivity contribution in [2.75, 3.05) is 19.8 Å². The van der Waals surface area contributed by atoms with Gasteiger partial charge in [0.15, 0.2) is 0 Å². The van der Waals surface area contributed by atoms with E-state index in [2.05, 4.69) is 0 Å². The molecule has 3 rings (SSSR count). The summed E-state index contributed by atoms with van der Waals surface area (Å²) in [4.78, 5) is 27.3. The number of phenols is 1. The molecule has 0 aliphatic carbocycles. The zero-order chi connectivity index (χ0) is 23.4. The number of likely N-dealkylation sites (tertiary alicyclic amines) is 1. The van der Waals surface area contributed by atoms with E-state index in [1.165, 1.54) is 17.0 Å². The zero-order valence-corrected chi connectivity index (χ0v) is 19.0. The summed E-state index contributed by atoms with van der Waals surface area (Å²) in [5, 5.41) is 21.1. The highest BCUT2D eigenvalue weighted by Gasteiger charge is 2.46. The molecule has 1 amide bonds. The predicted molar refractivity (Wildman–Crippen MR) is 121 cm³/mol. The number of Topliss-reactive ketones (excluding diaryl/α,β-unsaturated/α-hetero) is 1. The molecule has 0 bridgehead atoms. The fourth-order valence-electron chi connectivity index (χ4n) is 3.77. The van der Waals surface area contributed by atoms with Gasteiger partial charge in [-0.1, -0.05) is 24.6 Å². The fraction of sp³-hybridized carbons (Fsp3) is 0.333. The lowest BCUT2D eigenvalue weighted by Crippen LogP contribution is -2.30. The Kier molecular flexibility index (Phi) is 7.30. The molecule has 1 saturated heterocycles. The SMILES string of the molecule is CCCN1C(=O)C(=O)/C(=C(\O)c2ccc(OCC)cc2OCC)C1c1ccc(O)c(Cl)c1. The Bertz CT molecular complexity index is 1060. The van der Waals surface area contributed by atoms with E-state index in [0.717, 1.165) is 0 Å². The number of benzene rings is 2. The van der Waals surface area contributed by atoms with Crippen molar-refractivity contribution < 1.29 is 29.3 Å². The molecule has 2 aromatic carbocycles. The molecule has 0 radical (unpaired) electrons. The van der Waals surface area contributed by atoms with Gasteiger partial charge in [0.05, 0.1) is 35.4 Å².